The molecule has 0 radical (unpaired) electrons. The molecule has 0 aromatic heterocycles. The van der Waals surface area contributed by atoms with Crippen LogP contribution in [0, 0.1) is 28.6 Å². The van der Waals surface area contributed by atoms with Crippen molar-refractivity contribution in [2.45, 2.75) is 51.9 Å². The molecule has 0 heterocycles. The molecule has 0 aliphatic heterocycles. The van der Waals surface area contributed by atoms with E-state index >= 15 is 0 Å². The molecule has 4 rings (SSSR count). The normalized spacial score (nSPS) is 40.4. The fraction of sp³-hybridized carbons (Fsp3) is 0.867. The highest BCUT2D eigenvalue weighted by molar-refractivity contribution is 5.99. The molecule has 0 aromatic carbocycles. The zero-order valence-electron chi connectivity index (χ0n) is 11.4. The molecule has 4 aliphatic rings. The number of aliphatic carboxylic acids is 2. The predicted molar refractivity (Wildman–Crippen MR) is 68.6 cm³/mol. The van der Waals surface area contributed by atoms with Gasteiger partial charge < -0.3 is 10.2 Å². The Labute approximate surface area is 113 Å². The van der Waals surface area contributed by atoms with Crippen molar-refractivity contribution in [2.75, 3.05) is 0 Å². The maximum atomic E-state index is 11.8. The van der Waals surface area contributed by atoms with Crippen molar-refractivity contribution in [1.29, 1.82) is 0 Å². The first-order valence-electron chi connectivity index (χ1n) is 7.40. The first-order chi connectivity index (χ1) is 8.93. The second kappa shape index (κ2) is 3.97. The van der Waals surface area contributed by atoms with E-state index in [0.29, 0.717) is 17.8 Å². The van der Waals surface area contributed by atoms with E-state index in [2.05, 4.69) is 0 Å². The Hall–Kier alpha value is -1.06. The average Bonchev–Trinajstić information content (AvgIpc) is 2.26. The summed E-state index contributed by atoms with van der Waals surface area (Å²) >= 11 is 0. The SMILES string of the molecule is CCC(C(=O)O)(C(=O)O)C12CC3CC(CC(C3)C1)C2. The Morgan fingerprint density at radius 3 is 1.63 bits per heavy atom. The Bertz CT molecular complexity index is 377. The highest BCUT2D eigenvalue weighted by Crippen LogP contribution is 2.66. The van der Waals surface area contributed by atoms with Crippen LogP contribution in [0.15, 0.2) is 0 Å². The van der Waals surface area contributed by atoms with Crippen LogP contribution in [0.3, 0.4) is 0 Å². The third-order valence-electron chi connectivity index (χ3n) is 6.20. The van der Waals surface area contributed by atoms with Crippen molar-refractivity contribution < 1.29 is 19.8 Å². The van der Waals surface area contributed by atoms with E-state index in [1.165, 1.54) is 19.3 Å². The van der Waals surface area contributed by atoms with Crippen molar-refractivity contribution in [3.05, 3.63) is 0 Å². The monoisotopic (exact) mass is 266 g/mol. The Morgan fingerprint density at radius 1 is 1.00 bits per heavy atom. The van der Waals surface area contributed by atoms with Gasteiger partial charge in [-0.05, 0) is 68.1 Å². The maximum absolute atomic E-state index is 11.8. The summed E-state index contributed by atoms with van der Waals surface area (Å²) in [6.07, 6.45) is 6.21. The van der Waals surface area contributed by atoms with Gasteiger partial charge in [-0.25, -0.2) is 0 Å². The van der Waals surface area contributed by atoms with Crippen LogP contribution in [0.1, 0.15) is 51.9 Å². The van der Waals surface area contributed by atoms with Gasteiger partial charge in [0, 0.05) is 0 Å². The quantitative estimate of drug-likeness (QED) is 0.767. The predicted octanol–water partition coefficient (Wildman–Crippen LogP) is 2.77. The molecule has 0 aromatic rings. The molecule has 19 heavy (non-hydrogen) atoms. The molecule has 4 aliphatic carbocycles. The molecule has 4 fully saturated rings. The van der Waals surface area contributed by atoms with Crippen molar-refractivity contribution in [3.63, 3.8) is 0 Å². The minimum absolute atomic E-state index is 0.198. The van der Waals surface area contributed by atoms with Crippen molar-refractivity contribution >= 4 is 11.9 Å². The van der Waals surface area contributed by atoms with Crippen LogP contribution < -0.4 is 0 Å². The van der Waals surface area contributed by atoms with E-state index < -0.39 is 22.8 Å². The van der Waals surface area contributed by atoms with E-state index in [0.717, 1.165) is 19.3 Å². The molecule has 4 saturated carbocycles. The molecular weight excluding hydrogens is 244 g/mol. The lowest BCUT2D eigenvalue weighted by atomic mass is 9.42. The van der Waals surface area contributed by atoms with Crippen LogP contribution in [0.25, 0.3) is 0 Å². The molecule has 0 atom stereocenters. The summed E-state index contributed by atoms with van der Waals surface area (Å²) in [5.41, 5.74) is -2.06. The van der Waals surface area contributed by atoms with Crippen LogP contribution >= 0.6 is 0 Å². The van der Waals surface area contributed by atoms with E-state index in [1.54, 1.807) is 6.92 Å². The molecule has 2 N–H and O–H groups in total. The molecular formula is C15H22O4. The van der Waals surface area contributed by atoms with Gasteiger partial charge in [0.2, 0.25) is 0 Å². The molecule has 0 saturated heterocycles. The number of carboxylic acids is 2. The molecule has 0 spiro atoms. The van der Waals surface area contributed by atoms with Crippen molar-refractivity contribution in [1.82, 2.24) is 0 Å². The highest BCUT2D eigenvalue weighted by Gasteiger charge is 2.66. The number of hydrogen-bond donors (Lipinski definition) is 2. The lowest BCUT2D eigenvalue weighted by Crippen LogP contribution is -2.60. The smallest absolute Gasteiger partial charge is 0.321 e. The number of carbonyl (C=O) groups is 2. The summed E-state index contributed by atoms with van der Waals surface area (Å²) in [6.45, 7) is 1.72. The van der Waals surface area contributed by atoms with Crippen LogP contribution in [0.4, 0.5) is 0 Å². The van der Waals surface area contributed by atoms with E-state index in [1.807, 2.05) is 0 Å². The number of rotatable bonds is 4. The Balaban J connectivity index is 2.07. The van der Waals surface area contributed by atoms with E-state index in [9.17, 15) is 19.8 Å². The van der Waals surface area contributed by atoms with Gasteiger partial charge in [0.25, 0.3) is 0 Å². The minimum Gasteiger partial charge on any atom is -0.480 e. The van der Waals surface area contributed by atoms with Crippen LogP contribution in [-0.2, 0) is 9.59 Å². The highest BCUT2D eigenvalue weighted by atomic mass is 16.4. The third kappa shape index (κ3) is 1.52. The summed E-state index contributed by atoms with van der Waals surface area (Å²) in [5.74, 6) is -0.545. The number of carboxylic acid groups (broad SMARTS) is 2. The zero-order valence-corrected chi connectivity index (χ0v) is 11.4. The molecule has 0 unspecified atom stereocenters. The molecule has 106 valence electrons. The standard InChI is InChI=1S/C15H22O4/c1-2-15(12(16)17,13(18)19)14-6-9-3-10(7-14)5-11(4-9)8-14/h9-11H,2-8H2,1H3,(H,16,17)(H,18,19). The maximum Gasteiger partial charge on any atom is 0.321 e. The summed E-state index contributed by atoms with van der Waals surface area (Å²) < 4.78 is 0. The lowest BCUT2D eigenvalue weighted by molar-refractivity contribution is -0.195. The van der Waals surface area contributed by atoms with Gasteiger partial charge in [-0.1, -0.05) is 6.92 Å². The molecule has 0 amide bonds. The van der Waals surface area contributed by atoms with E-state index in [-0.39, 0.29) is 6.42 Å². The second-order valence-electron chi connectivity index (χ2n) is 7.07. The summed E-state index contributed by atoms with van der Waals surface area (Å²) in [6, 6.07) is 0. The summed E-state index contributed by atoms with van der Waals surface area (Å²) in [7, 11) is 0. The van der Waals surface area contributed by atoms with Gasteiger partial charge in [0.1, 0.15) is 0 Å². The first kappa shape index (κ1) is 12.9. The van der Waals surface area contributed by atoms with Crippen LogP contribution in [-0.4, -0.2) is 22.2 Å². The average molecular weight is 266 g/mol. The Morgan fingerprint density at radius 2 is 1.37 bits per heavy atom. The minimum atomic E-state index is -1.57. The van der Waals surface area contributed by atoms with Crippen molar-refractivity contribution in [2.24, 2.45) is 28.6 Å². The largest absolute Gasteiger partial charge is 0.480 e. The topological polar surface area (TPSA) is 74.6 Å². The second-order valence-corrected chi connectivity index (χ2v) is 7.07. The van der Waals surface area contributed by atoms with Gasteiger partial charge in [-0.2, -0.15) is 0 Å². The zero-order chi connectivity index (χ0) is 13.8. The van der Waals surface area contributed by atoms with Gasteiger partial charge >= 0.3 is 11.9 Å². The lowest BCUT2D eigenvalue weighted by Gasteiger charge is -2.61. The molecule has 4 nitrogen and oxygen atoms in total. The molecule has 4 bridgehead atoms. The Kier molecular flexibility index (Phi) is 2.70. The first-order valence-corrected chi connectivity index (χ1v) is 7.40. The summed E-state index contributed by atoms with van der Waals surface area (Å²) in [5, 5.41) is 19.3. The van der Waals surface area contributed by atoms with E-state index in [4.69, 9.17) is 0 Å². The molecule has 4 heteroatoms. The van der Waals surface area contributed by atoms with Gasteiger partial charge in [0.05, 0.1) is 0 Å². The fourth-order valence-corrected chi connectivity index (χ4v) is 5.86. The van der Waals surface area contributed by atoms with Crippen molar-refractivity contribution in [3.8, 4) is 0 Å². The third-order valence-corrected chi connectivity index (χ3v) is 6.20. The summed E-state index contributed by atoms with van der Waals surface area (Å²) in [4.78, 5) is 23.7. The van der Waals surface area contributed by atoms with Gasteiger partial charge in [-0.3, -0.25) is 9.59 Å². The fourth-order valence-electron chi connectivity index (χ4n) is 5.86. The van der Waals surface area contributed by atoms with Crippen LogP contribution in [0.5, 0.6) is 0 Å². The number of hydrogen-bond acceptors (Lipinski definition) is 2. The van der Waals surface area contributed by atoms with Gasteiger partial charge in [-0.15, -0.1) is 0 Å². The van der Waals surface area contributed by atoms with Gasteiger partial charge in [0.15, 0.2) is 5.41 Å². The van der Waals surface area contributed by atoms with Crippen LogP contribution in [0.2, 0.25) is 0 Å².